The van der Waals surface area contributed by atoms with Crippen LogP contribution in [0.5, 0.6) is 5.75 Å². The second-order valence-electron chi connectivity index (χ2n) is 7.35. The first-order chi connectivity index (χ1) is 15.2. The molecule has 162 valence electrons. The molecule has 0 amide bonds. The largest absolute Gasteiger partial charge is 0.495 e. The van der Waals surface area contributed by atoms with Crippen LogP contribution < -0.4 is 20.5 Å². The van der Waals surface area contributed by atoms with E-state index in [0.717, 1.165) is 44.2 Å². The molecule has 2 heterocycles. The topological polar surface area (TPSA) is 62.6 Å². The molecule has 1 aliphatic rings. The number of halogens is 1. The van der Waals surface area contributed by atoms with Crippen LogP contribution in [0.15, 0.2) is 65.6 Å². The van der Waals surface area contributed by atoms with Crippen LogP contribution in [-0.2, 0) is 0 Å². The van der Waals surface area contributed by atoms with Gasteiger partial charge in [-0.05, 0) is 24.3 Å². The maximum atomic E-state index is 12.6. The Morgan fingerprint density at radius 3 is 2.48 bits per heavy atom. The SMILES string of the molecule is COc1ccccc1N1CCN(CCNc2cnn(-c3ccccc3)c(=O)c2Cl)CC1. The lowest BCUT2D eigenvalue weighted by Gasteiger charge is -2.36. The predicted molar refractivity (Wildman–Crippen MR) is 125 cm³/mol. The standard InChI is InChI=1S/C23H26ClN5O2/c1-31-21-10-6-5-9-20(21)28-15-13-27(14-16-28)12-11-25-19-17-26-29(23(30)22(19)24)18-7-3-2-4-8-18/h2-10,17,25H,11-16H2,1H3. The van der Waals surface area contributed by atoms with Crippen LogP contribution in [0, 0.1) is 0 Å². The number of hydrogen-bond donors (Lipinski definition) is 1. The molecule has 1 N–H and O–H groups in total. The van der Waals surface area contributed by atoms with Crippen LogP contribution in [0.1, 0.15) is 0 Å². The van der Waals surface area contributed by atoms with E-state index in [9.17, 15) is 4.79 Å². The fourth-order valence-electron chi connectivity index (χ4n) is 3.76. The molecule has 1 aromatic heterocycles. The van der Waals surface area contributed by atoms with Crippen molar-refractivity contribution in [3.63, 3.8) is 0 Å². The monoisotopic (exact) mass is 439 g/mol. The van der Waals surface area contributed by atoms with Gasteiger partial charge in [0.2, 0.25) is 0 Å². The van der Waals surface area contributed by atoms with Crippen molar-refractivity contribution in [1.82, 2.24) is 14.7 Å². The number of piperazine rings is 1. The zero-order valence-electron chi connectivity index (χ0n) is 17.5. The van der Waals surface area contributed by atoms with E-state index in [-0.39, 0.29) is 10.6 Å². The number of anilines is 2. The molecule has 31 heavy (non-hydrogen) atoms. The van der Waals surface area contributed by atoms with Crippen LogP contribution in [0.2, 0.25) is 5.02 Å². The van der Waals surface area contributed by atoms with Crippen molar-refractivity contribution in [3.05, 3.63) is 76.2 Å². The van der Waals surface area contributed by atoms with Crippen LogP contribution in [-0.4, -0.2) is 61.1 Å². The average molecular weight is 440 g/mol. The number of hydrogen-bond acceptors (Lipinski definition) is 6. The highest BCUT2D eigenvalue weighted by atomic mass is 35.5. The summed E-state index contributed by atoms with van der Waals surface area (Å²) < 4.78 is 6.80. The highest BCUT2D eigenvalue weighted by Crippen LogP contribution is 2.28. The summed E-state index contributed by atoms with van der Waals surface area (Å²) in [5.74, 6) is 0.907. The van der Waals surface area contributed by atoms with E-state index >= 15 is 0 Å². The third-order valence-electron chi connectivity index (χ3n) is 5.46. The minimum Gasteiger partial charge on any atom is -0.495 e. The molecule has 0 bridgehead atoms. The maximum absolute atomic E-state index is 12.6. The van der Waals surface area contributed by atoms with Crippen molar-refractivity contribution in [1.29, 1.82) is 0 Å². The quantitative estimate of drug-likeness (QED) is 0.610. The molecular formula is C23H26ClN5O2. The summed E-state index contributed by atoms with van der Waals surface area (Å²) >= 11 is 6.32. The number of aromatic nitrogens is 2. The van der Waals surface area contributed by atoms with Crippen LogP contribution >= 0.6 is 11.6 Å². The van der Waals surface area contributed by atoms with Gasteiger partial charge in [-0.15, -0.1) is 0 Å². The van der Waals surface area contributed by atoms with Gasteiger partial charge in [0.15, 0.2) is 0 Å². The van der Waals surface area contributed by atoms with Gasteiger partial charge in [0.1, 0.15) is 10.8 Å². The third kappa shape index (κ3) is 4.84. The lowest BCUT2D eigenvalue weighted by Crippen LogP contribution is -2.47. The first kappa shape index (κ1) is 21.2. The Bertz CT molecular complexity index is 1070. The number of ether oxygens (including phenoxy) is 1. The van der Waals surface area contributed by atoms with Gasteiger partial charge in [0, 0.05) is 39.3 Å². The maximum Gasteiger partial charge on any atom is 0.292 e. The summed E-state index contributed by atoms with van der Waals surface area (Å²) in [5.41, 5.74) is 2.06. The van der Waals surface area contributed by atoms with Crippen molar-refractivity contribution in [2.75, 3.05) is 56.6 Å². The Morgan fingerprint density at radius 2 is 1.74 bits per heavy atom. The molecule has 8 heteroatoms. The van der Waals surface area contributed by atoms with Gasteiger partial charge < -0.3 is 15.0 Å². The molecule has 2 aromatic carbocycles. The lowest BCUT2D eigenvalue weighted by molar-refractivity contribution is 0.266. The summed E-state index contributed by atoms with van der Waals surface area (Å²) in [7, 11) is 1.71. The molecule has 1 fully saturated rings. The van der Waals surface area contributed by atoms with Gasteiger partial charge in [-0.3, -0.25) is 9.69 Å². The fourth-order valence-corrected chi connectivity index (χ4v) is 3.96. The second kappa shape index (κ2) is 9.85. The Hall–Kier alpha value is -3.03. The summed E-state index contributed by atoms with van der Waals surface area (Å²) in [6.45, 7) is 5.34. The summed E-state index contributed by atoms with van der Waals surface area (Å²) in [6, 6.07) is 17.4. The van der Waals surface area contributed by atoms with E-state index < -0.39 is 0 Å². The molecule has 0 spiro atoms. The lowest BCUT2D eigenvalue weighted by atomic mass is 10.2. The Labute approximate surface area is 186 Å². The Morgan fingerprint density at radius 1 is 1.03 bits per heavy atom. The molecule has 0 radical (unpaired) electrons. The van der Waals surface area contributed by atoms with E-state index in [2.05, 4.69) is 26.3 Å². The second-order valence-corrected chi connectivity index (χ2v) is 7.73. The smallest absolute Gasteiger partial charge is 0.292 e. The molecular weight excluding hydrogens is 414 g/mol. The van der Waals surface area contributed by atoms with Crippen molar-refractivity contribution >= 4 is 23.0 Å². The molecule has 0 aliphatic carbocycles. The number of nitrogens with one attached hydrogen (secondary N) is 1. The normalized spacial score (nSPS) is 14.5. The third-order valence-corrected chi connectivity index (χ3v) is 5.83. The highest BCUT2D eigenvalue weighted by Gasteiger charge is 2.19. The first-order valence-corrected chi connectivity index (χ1v) is 10.7. The number of rotatable bonds is 7. The molecule has 7 nitrogen and oxygen atoms in total. The van der Waals surface area contributed by atoms with Crippen molar-refractivity contribution < 1.29 is 4.74 Å². The Balaban J connectivity index is 1.30. The van der Waals surface area contributed by atoms with Crippen LogP contribution in [0.25, 0.3) is 5.69 Å². The van der Waals surface area contributed by atoms with E-state index in [1.54, 1.807) is 13.3 Å². The first-order valence-electron chi connectivity index (χ1n) is 10.3. The zero-order chi connectivity index (χ0) is 21.6. The van der Waals surface area contributed by atoms with Gasteiger partial charge in [-0.1, -0.05) is 41.9 Å². The molecule has 0 saturated carbocycles. The van der Waals surface area contributed by atoms with Gasteiger partial charge in [0.05, 0.1) is 30.4 Å². The summed E-state index contributed by atoms with van der Waals surface area (Å²) in [5, 5.41) is 7.67. The minimum absolute atomic E-state index is 0.153. The van der Waals surface area contributed by atoms with E-state index in [1.165, 1.54) is 4.68 Å². The molecule has 4 rings (SSSR count). The number of methoxy groups -OCH3 is 1. The molecule has 0 atom stereocenters. The number of benzene rings is 2. The van der Waals surface area contributed by atoms with Crippen molar-refractivity contribution in [2.24, 2.45) is 0 Å². The zero-order valence-corrected chi connectivity index (χ0v) is 18.3. The summed E-state index contributed by atoms with van der Waals surface area (Å²) in [4.78, 5) is 17.3. The van der Waals surface area contributed by atoms with Gasteiger partial charge in [-0.2, -0.15) is 9.78 Å². The van der Waals surface area contributed by atoms with Crippen molar-refractivity contribution in [3.8, 4) is 11.4 Å². The van der Waals surface area contributed by atoms with E-state index in [4.69, 9.17) is 16.3 Å². The fraction of sp³-hybridized carbons (Fsp3) is 0.304. The van der Waals surface area contributed by atoms with Crippen LogP contribution in [0.4, 0.5) is 11.4 Å². The highest BCUT2D eigenvalue weighted by molar-refractivity contribution is 6.32. The average Bonchev–Trinajstić information content (AvgIpc) is 2.83. The van der Waals surface area contributed by atoms with Gasteiger partial charge in [0.25, 0.3) is 5.56 Å². The van der Waals surface area contributed by atoms with Crippen LogP contribution in [0.3, 0.4) is 0 Å². The van der Waals surface area contributed by atoms with Crippen molar-refractivity contribution in [2.45, 2.75) is 0 Å². The Kier molecular flexibility index (Phi) is 6.74. The molecule has 3 aromatic rings. The van der Waals surface area contributed by atoms with Gasteiger partial charge >= 0.3 is 0 Å². The molecule has 1 saturated heterocycles. The minimum atomic E-state index is -0.330. The predicted octanol–water partition coefficient (Wildman–Crippen LogP) is 3.13. The molecule has 1 aliphatic heterocycles. The van der Waals surface area contributed by atoms with E-state index in [1.807, 2.05) is 48.5 Å². The molecule has 0 unspecified atom stereocenters. The summed E-state index contributed by atoms with van der Waals surface area (Å²) in [6.07, 6.45) is 1.61. The number of nitrogens with zero attached hydrogens (tertiary/aromatic N) is 4. The number of para-hydroxylation sites is 3. The van der Waals surface area contributed by atoms with Gasteiger partial charge in [-0.25, -0.2) is 0 Å². The van der Waals surface area contributed by atoms with E-state index in [0.29, 0.717) is 17.9 Å².